The highest BCUT2D eigenvalue weighted by Gasteiger charge is 2.11. The van der Waals surface area contributed by atoms with E-state index in [1.54, 1.807) is 0 Å². The van der Waals surface area contributed by atoms with Crippen LogP contribution < -0.4 is 4.74 Å². The van der Waals surface area contributed by atoms with Gasteiger partial charge < -0.3 is 9.30 Å². The molecule has 4 aromatic rings. The lowest BCUT2D eigenvalue weighted by Gasteiger charge is -2.11. The molecule has 4 heteroatoms. The van der Waals surface area contributed by atoms with Gasteiger partial charge in [0.1, 0.15) is 18.2 Å². The third kappa shape index (κ3) is 3.65. The number of para-hydroxylation sites is 2. The molecule has 3 nitrogen and oxygen atoms in total. The minimum atomic E-state index is 0.439. The number of hydrogen-bond donors (Lipinski definition) is 0. The zero-order valence-corrected chi connectivity index (χ0v) is 16.1. The quantitative estimate of drug-likeness (QED) is 0.422. The Labute approximate surface area is 161 Å². The van der Waals surface area contributed by atoms with Gasteiger partial charge in [0.2, 0.25) is 0 Å². The number of halogens is 1. The molecule has 0 unspecified atom stereocenters. The van der Waals surface area contributed by atoms with E-state index in [1.165, 1.54) is 11.1 Å². The summed E-state index contributed by atoms with van der Waals surface area (Å²) in [6.07, 6.45) is 0. The van der Waals surface area contributed by atoms with Gasteiger partial charge in [0.25, 0.3) is 0 Å². The molecule has 0 N–H and O–H groups in total. The number of aromatic nitrogens is 2. The number of benzene rings is 3. The van der Waals surface area contributed by atoms with E-state index in [2.05, 4.69) is 69.9 Å². The van der Waals surface area contributed by atoms with Gasteiger partial charge in [-0.05, 0) is 48.9 Å². The summed E-state index contributed by atoms with van der Waals surface area (Å²) in [6.45, 7) is 3.27. The van der Waals surface area contributed by atoms with Gasteiger partial charge >= 0.3 is 0 Å². The lowest BCUT2D eigenvalue weighted by Crippen LogP contribution is -2.08. The molecule has 4 rings (SSSR count). The van der Waals surface area contributed by atoms with Crippen LogP contribution in [-0.2, 0) is 13.2 Å². The van der Waals surface area contributed by atoms with Crippen molar-refractivity contribution in [3.63, 3.8) is 0 Å². The van der Waals surface area contributed by atoms with E-state index in [0.29, 0.717) is 6.61 Å². The van der Waals surface area contributed by atoms with E-state index in [-0.39, 0.29) is 0 Å². The number of fused-ring (bicyclic) bond motifs is 1. The molecular weight excluding hydrogens is 388 g/mol. The largest absolute Gasteiger partial charge is 0.486 e. The van der Waals surface area contributed by atoms with Gasteiger partial charge in [0, 0.05) is 11.0 Å². The van der Waals surface area contributed by atoms with E-state index >= 15 is 0 Å². The summed E-state index contributed by atoms with van der Waals surface area (Å²) in [4.78, 5) is 4.79. The molecule has 0 aliphatic rings. The zero-order valence-electron chi connectivity index (χ0n) is 14.5. The van der Waals surface area contributed by atoms with Gasteiger partial charge in [-0.2, -0.15) is 0 Å². The molecule has 1 heterocycles. The molecule has 0 aliphatic carbocycles. The van der Waals surface area contributed by atoms with Crippen LogP contribution in [-0.4, -0.2) is 9.55 Å². The third-order valence-corrected chi connectivity index (χ3v) is 4.91. The third-order valence-electron chi connectivity index (χ3n) is 4.38. The summed E-state index contributed by atoms with van der Waals surface area (Å²) in [6, 6.07) is 24.7. The molecule has 130 valence electrons. The fourth-order valence-electron chi connectivity index (χ4n) is 2.97. The first-order valence-electron chi connectivity index (χ1n) is 8.57. The fourth-order valence-corrected chi connectivity index (χ4v) is 3.23. The minimum absolute atomic E-state index is 0.439. The average Bonchev–Trinajstić information content (AvgIpc) is 3.01. The predicted molar refractivity (Wildman–Crippen MR) is 108 cm³/mol. The maximum Gasteiger partial charge on any atom is 0.148 e. The molecule has 0 radical (unpaired) electrons. The van der Waals surface area contributed by atoms with Crippen LogP contribution in [0, 0.1) is 6.92 Å². The van der Waals surface area contributed by atoms with Crippen LogP contribution in [0.4, 0.5) is 0 Å². The number of imidazole rings is 1. The van der Waals surface area contributed by atoms with Crippen molar-refractivity contribution < 1.29 is 4.74 Å². The van der Waals surface area contributed by atoms with Gasteiger partial charge in [-0.1, -0.05) is 57.9 Å². The van der Waals surface area contributed by atoms with Gasteiger partial charge in [-0.25, -0.2) is 4.98 Å². The van der Waals surface area contributed by atoms with E-state index in [1.807, 2.05) is 30.3 Å². The Morgan fingerprint density at radius 2 is 1.65 bits per heavy atom. The zero-order chi connectivity index (χ0) is 17.9. The summed E-state index contributed by atoms with van der Waals surface area (Å²) in [5.74, 6) is 1.78. The Hall–Kier alpha value is -2.59. The summed E-state index contributed by atoms with van der Waals surface area (Å²) in [7, 11) is 0. The van der Waals surface area contributed by atoms with Gasteiger partial charge in [0.15, 0.2) is 0 Å². The van der Waals surface area contributed by atoms with E-state index in [4.69, 9.17) is 9.72 Å². The number of aryl methyl sites for hydroxylation is 1. The first-order valence-corrected chi connectivity index (χ1v) is 9.36. The summed E-state index contributed by atoms with van der Waals surface area (Å²) < 4.78 is 9.30. The Bertz CT molecular complexity index is 1020. The summed E-state index contributed by atoms with van der Waals surface area (Å²) >= 11 is 3.49. The molecule has 0 aliphatic heterocycles. The normalized spacial score (nSPS) is 11.0. The van der Waals surface area contributed by atoms with Crippen molar-refractivity contribution in [2.75, 3.05) is 0 Å². The topological polar surface area (TPSA) is 27.1 Å². The second-order valence-electron chi connectivity index (χ2n) is 6.33. The van der Waals surface area contributed by atoms with E-state index in [0.717, 1.165) is 33.6 Å². The highest BCUT2D eigenvalue weighted by atomic mass is 79.9. The lowest BCUT2D eigenvalue weighted by molar-refractivity contribution is 0.291. The Kier molecular flexibility index (Phi) is 4.76. The molecule has 3 aromatic carbocycles. The van der Waals surface area contributed by atoms with E-state index in [9.17, 15) is 0 Å². The minimum Gasteiger partial charge on any atom is -0.486 e. The monoisotopic (exact) mass is 406 g/mol. The lowest BCUT2D eigenvalue weighted by atomic mass is 10.2. The van der Waals surface area contributed by atoms with Crippen LogP contribution in [0.25, 0.3) is 11.0 Å². The SMILES string of the molecule is Cc1ccc(OCc2nc3ccccc3n2Cc2ccc(Br)cc2)cc1. The van der Waals surface area contributed by atoms with Crippen molar-refractivity contribution >= 4 is 27.0 Å². The second-order valence-corrected chi connectivity index (χ2v) is 7.25. The van der Waals surface area contributed by atoms with Crippen molar-refractivity contribution in [2.45, 2.75) is 20.1 Å². The first kappa shape index (κ1) is 16.9. The standard InChI is InChI=1S/C22H19BrN2O/c1-16-6-12-19(13-7-16)26-15-22-24-20-4-2-3-5-21(20)25(22)14-17-8-10-18(23)11-9-17/h2-13H,14-15H2,1H3. The molecule has 0 fully saturated rings. The first-order chi connectivity index (χ1) is 12.7. The highest BCUT2D eigenvalue weighted by Crippen LogP contribution is 2.21. The smallest absolute Gasteiger partial charge is 0.148 e. The van der Waals surface area contributed by atoms with Gasteiger partial charge in [-0.3, -0.25) is 0 Å². The van der Waals surface area contributed by atoms with Crippen molar-refractivity contribution in [1.82, 2.24) is 9.55 Å². The number of rotatable bonds is 5. The predicted octanol–water partition coefficient (Wildman–Crippen LogP) is 5.73. The van der Waals surface area contributed by atoms with Gasteiger partial charge in [0.05, 0.1) is 11.0 Å². The van der Waals surface area contributed by atoms with Crippen LogP contribution >= 0.6 is 15.9 Å². The second kappa shape index (κ2) is 7.34. The van der Waals surface area contributed by atoms with Crippen LogP contribution in [0.3, 0.4) is 0 Å². The molecule has 0 bridgehead atoms. The Morgan fingerprint density at radius 1 is 0.923 bits per heavy atom. The number of ether oxygens (including phenoxy) is 1. The number of nitrogens with zero attached hydrogens (tertiary/aromatic N) is 2. The molecule has 0 spiro atoms. The van der Waals surface area contributed by atoms with E-state index < -0.39 is 0 Å². The van der Waals surface area contributed by atoms with Crippen LogP contribution in [0.5, 0.6) is 5.75 Å². The Morgan fingerprint density at radius 3 is 2.42 bits per heavy atom. The van der Waals surface area contributed by atoms with Crippen molar-refractivity contribution in [3.8, 4) is 5.75 Å². The van der Waals surface area contributed by atoms with Crippen LogP contribution in [0.2, 0.25) is 0 Å². The average molecular weight is 407 g/mol. The highest BCUT2D eigenvalue weighted by molar-refractivity contribution is 9.10. The molecule has 0 amide bonds. The molecule has 0 saturated carbocycles. The molecule has 0 atom stereocenters. The fraction of sp³-hybridized carbons (Fsp3) is 0.136. The maximum absolute atomic E-state index is 5.98. The molecule has 26 heavy (non-hydrogen) atoms. The molecule has 0 saturated heterocycles. The van der Waals surface area contributed by atoms with Crippen molar-refractivity contribution in [2.24, 2.45) is 0 Å². The number of hydrogen-bond acceptors (Lipinski definition) is 2. The Balaban J connectivity index is 1.64. The van der Waals surface area contributed by atoms with Crippen molar-refractivity contribution in [1.29, 1.82) is 0 Å². The molecule has 1 aromatic heterocycles. The maximum atomic E-state index is 5.98. The van der Waals surface area contributed by atoms with Crippen molar-refractivity contribution in [3.05, 3.63) is 94.2 Å². The summed E-state index contributed by atoms with van der Waals surface area (Å²) in [5, 5.41) is 0. The summed E-state index contributed by atoms with van der Waals surface area (Å²) in [5.41, 5.74) is 4.57. The van der Waals surface area contributed by atoms with Gasteiger partial charge in [-0.15, -0.1) is 0 Å². The van der Waals surface area contributed by atoms with Crippen LogP contribution in [0.15, 0.2) is 77.3 Å². The molecular formula is C22H19BrN2O. The van der Waals surface area contributed by atoms with Crippen LogP contribution in [0.1, 0.15) is 17.0 Å².